The highest BCUT2D eigenvalue weighted by atomic mass is 79.9. The Morgan fingerprint density at radius 1 is 0.786 bits per heavy atom. The van der Waals surface area contributed by atoms with Crippen molar-refractivity contribution in [2.45, 2.75) is 51.4 Å². The molecule has 3 amide bonds. The number of nitrogens with one attached hydrogen (secondary N) is 1. The van der Waals surface area contributed by atoms with Gasteiger partial charge in [-0.1, -0.05) is 70.9 Å². The molecule has 7 rings (SSSR count). The maximum Gasteiger partial charge on any atom is 0.306 e. The topological polar surface area (TPSA) is 92.8 Å². The van der Waals surface area contributed by atoms with E-state index in [1.807, 2.05) is 44.2 Å². The zero-order valence-corrected chi connectivity index (χ0v) is 25.3. The molecule has 3 aliphatic carbocycles. The number of carbonyl (C=O) groups is 4. The van der Waals surface area contributed by atoms with Crippen molar-refractivity contribution >= 4 is 45.3 Å². The SMILES string of the molecule is Cc1c(Br)ccc(NC(=O)COC(=O)CCCCCN2C(=O)[C@H]3C4c5ccccc5C(c5ccccc54)[C@@H]3C2=O)c1C. The molecule has 2 atom stereocenters. The molecular weight excluding hydrogens is 596 g/mol. The van der Waals surface area contributed by atoms with E-state index in [0.717, 1.165) is 15.6 Å². The molecule has 7 nitrogen and oxygen atoms in total. The number of imide groups is 1. The van der Waals surface area contributed by atoms with Crippen molar-refractivity contribution in [3.63, 3.8) is 0 Å². The van der Waals surface area contributed by atoms with Gasteiger partial charge in [-0.05, 0) is 72.2 Å². The van der Waals surface area contributed by atoms with E-state index in [1.54, 1.807) is 6.07 Å². The van der Waals surface area contributed by atoms with E-state index in [9.17, 15) is 19.2 Å². The second-order valence-corrected chi connectivity index (χ2v) is 12.3. The van der Waals surface area contributed by atoms with Gasteiger partial charge in [0, 0.05) is 35.0 Å². The Morgan fingerprint density at radius 2 is 1.33 bits per heavy atom. The summed E-state index contributed by atoms with van der Waals surface area (Å²) in [5.41, 5.74) is 7.32. The van der Waals surface area contributed by atoms with Crippen LogP contribution in [0, 0.1) is 25.7 Å². The van der Waals surface area contributed by atoms with Gasteiger partial charge in [0.25, 0.3) is 5.91 Å². The van der Waals surface area contributed by atoms with Gasteiger partial charge in [0.05, 0.1) is 11.8 Å². The van der Waals surface area contributed by atoms with Crippen molar-refractivity contribution in [1.29, 1.82) is 0 Å². The molecule has 3 aromatic rings. The van der Waals surface area contributed by atoms with Crippen molar-refractivity contribution < 1.29 is 23.9 Å². The molecule has 8 heteroatoms. The van der Waals surface area contributed by atoms with Gasteiger partial charge in [-0.15, -0.1) is 0 Å². The third kappa shape index (κ3) is 4.85. The lowest BCUT2D eigenvalue weighted by atomic mass is 9.55. The monoisotopic (exact) mass is 628 g/mol. The number of hydrogen-bond donors (Lipinski definition) is 1. The van der Waals surface area contributed by atoms with Crippen LogP contribution in [0.3, 0.4) is 0 Å². The van der Waals surface area contributed by atoms with Gasteiger partial charge in [0.1, 0.15) is 0 Å². The van der Waals surface area contributed by atoms with E-state index in [-0.39, 0.29) is 54.4 Å². The Balaban J connectivity index is 0.992. The Hall–Kier alpha value is -3.78. The molecule has 0 unspecified atom stereocenters. The summed E-state index contributed by atoms with van der Waals surface area (Å²) in [5, 5.41) is 2.79. The molecule has 1 heterocycles. The molecule has 1 fully saturated rings. The number of rotatable bonds is 9. The van der Waals surface area contributed by atoms with Gasteiger partial charge >= 0.3 is 5.97 Å². The molecule has 4 aliphatic rings. The smallest absolute Gasteiger partial charge is 0.306 e. The average molecular weight is 630 g/mol. The first-order valence-electron chi connectivity index (χ1n) is 14.5. The van der Waals surface area contributed by atoms with Crippen LogP contribution in [0.4, 0.5) is 5.69 Å². The number of amides is 3. The number of ether oxygens (including phenoxy) is 1. The summed E-state index contributed by atoms with van der Waals surface area (Å²) in [6, 6.07) is 20.1. The molecule has 0 radical (unpaired) electrons. The fraction of sp³-hybridized carbons (Fsp3) is 0.353. The number of benzene rings is 3. The van der Waals surface area contributed by atoms with Crippen molar-refractivity contribution in [2.24, 2.45) is 11.8 Å². The third-order valence-corrected chi connectivity index (χ3v) is 10.0. The Morgan fingerprint density at radius 3 is 1.88 bits per heavy atom. The number of likely N-dealkylation sites (tertiary alicyclic amines) is 1. The molecular formula is C34H33BrN2O5. The summed E-state index contributed by atoms with van der Waals surface area (Å²) in [7, 11) is 0. The summed E-state index contributed by atoms with van der Waals surface area (Å²) in [6.45, 7) is 3.88. The molecule has 216 valence electrons. The maximum absolute atomic E-state index is 13.7. The highest BCUT2D eigenvalue weighted by molar-refractivity contribution is 9.10. The second kappa shape index (κ2) is 11.5. The van der Waals surface area contributed by atoms with Crippen LogP contribution in [0.1, 0.15) is 70.9 Å². The summed E-state index contributed by atoms with van der Waals surface area (Å²) >= 11 is 3.47. The van der Waals surface area contributed by atoms with Gasteiger partial charge in [0.2, 0.25) is 11.8 Å². The quantitative estimate of drug-likeness (QED) is 0.178. The normalized spacial score (nSPS) is 21.5. The van der Waals surface area contributed by atoms with Crippen LogP contribution >= 0.6 is 15.9 Å². The number of anilines is 1. The minimum atomic E-state index is -0.444. The fourth-order valence-corrected chi connectivity index (χ4v) is 7.43. The van der Waals surface area contributed by atoms with E-state index in [4.69, 9.17) is 4.74 Å². The zero-order chi connectivity index (χ0) is 29.5. The Kier molecular flexibility index (Phi) is 7.75. The molecule has 42 heavy (non-hydrogen) atoms. The molecule has 1 aliphatic heterocycles. The van der Waals surface area contributed by atoms with Gasteiger partial charge in [-0.2, -0.15) is 0 Å². The van der Waals surface area contributed by atoms with E-state index in [1.165, 1.54) is 27.2 Å². The van der Waals surface area contributed by atoms with E-state index in [0.29, 0.717) is 31.5 Å². The highest BCUT2D eigenvalue weighted by Gasteiger charge is 2.61. The number of hydrogen-bond acceptors (Lipinski definition) is 5. The molecule has 3 aromatic carbocycles. The molecule has 2 bridgehead atoms. The van der Waals surface area contributed by atoms with Crippen molar-refractivity contribution in [1.82, 2.24) is 4.90 Å². The van der Waals surface area contributed by atoms with Gasteiger partial charge in [-0.3, -0.25) is 24.1 Å². The van der Waals surface area contributed by atoms with E-state index >= 15 is 0 Å². The van der Waals surface area contributed by atoms with E-state index in [2.05, 4.69) is 45.5 Å². The van der Waals surface area contributed by atoms with Crippen molar-refractivity contribution in [3.05, 3.63) is 98.5 Å². The summed E-state index contributed by atoms with van der Waals surface area (Å²) in [5.74, 6) is -1.91. The van der Waals surface area contributed by atoms with Crippen LogP contribution in [-0.4, -0.2) is 41.7 Å². The number of nitrogens with zero attached hydrogens (tertiary/aromatic N) is 1. The lowest BCUT2D eigenvalue weighted by molar-refractivity contribution is -0.147. The largest absolute Gasteiger partial charge is 0.456 e. The van der Waals surface area contributed by atoms with Crippen LogP contribution in [0.15, 0.2) is 65.1 Å². The number of esters is 1. The average Bonchev–Trinajstić information content (AvgIpc) is 3.25. The number of carbonyl (C=O) groups excluding carboxylic acids is 4. The van der Waals surface area contributed by atoms with Crippen LogP contribution in [0.25, 0.3) is 0 Å². The van der Waals surface area contributed by atoms with Crippen LogP contribution < -0.4 is 5.32 Å². The molecule has 1 saturated heterocycles. The summed E-state index contributed by atoms with van der Waals surface area (Å²) in [6.07, 6.45) is 2.00. The predicted octanol–water partition coefficient (Wildman–Crippen LogP) is 6.00. The lowest BCUT2D eigenvalue weighted by Gasteiger charge is -2.45. The lowest BCUT2D eigenvalue weighted by Crippen LogP contribution is -2.41. The highest BCUT2D eigenvalue weighted by Crippen LogP contribution is 2.60. The summed E-state index contributed by atoms with van der Waals surface area (Å²) < 4.78 is 6.12. The molecule has 0 spiro atoms. The Bertz CT molecular complexity index is 1480. The molecule has 0 saturated carbocycles. The summed E-state index contributed by atoms with van der Waals surface area (Å²) in [4.78, 5) is 53.3. The van der Waals surface area contributed by atoms with Gasteiger partial charge in [-0.25, -0.2) is 0 Å². The minimum Gasteiger partial charge on any atom is -0.456 e. The third-order valence-electron chi connectivity index (χ3n) is 9.16. The van der Waals surface area contributed by atoms with Crippen LogP contribution in [-0.2, 0) is 23.9 Å². The minimum absolute atomic E-state index is 0.0781. The second-order valence-electron chi connectivity index (χ2n) is 11.5. The first-order valence-corrected chi connectivity index (χ1v) is 15.3. The molecule has 0 aromatic heterocycles. The van der Waals surface area contributed by atoms with Crippen molar-refractivity contribution in [2.75, 3.05) is 18.5 Å². The zero-order valence-electron chi connectivity index (χ0n) is 23.7. The van der Waals surface area contributed by atoms with E-state index < -0.39 is 5.97 Å². The number of unbranched alkanes of at least 4 members (excludes halogenated alkanes) is 2. The predicted molar refractivity (Wildman–Crippen MR) is 162 cm³/mol. The van der Waals surface area contributed by atoms with Gasteiger partial charge in [0.15, 0.2) is 6.61 Å². The van der Waals surface area contributed by atoms with Crippen molar-refractivity contribution in [3.8, 4) is 0 Å². The maximum atomic E-state index is 13.7. The van der Waals surface area contributed by atoms with Gasteiger partial charge < -0.3 is 10.1 Å². The fourth-order valence-electron chi connectivity index (χ4n) is 7.00. The number of halogens is 1. The van der Waals surface area contributed by atoms with Crippen LogP contribution in [0.5, 0.6) is 0 Å². The first-order chi connectivity index (χ1) is 20.3. The molecule has 1 N–H and O–H groups in total. The van der Waals surface area contributed by atoms with Crippen LogP contribution in [0.2, 0.25) is 0 Å². The standard InChI is InChI=1S/C34H33BrN2O5/c1-19-20(2)26(16-15-25(19)35)36-27(38)18-42-28(39)14-4-3-9-17-37-33(40)31-29-21-10-5-6-11-22(21)30(32(31)34(37)41)24-13-8-7-12-23(24)29/h5-8,10-13,15-16,29-32H,3-4,9,14,17-18H2,1-2H3,(H,36,38)/t29?,30?,31-,32-/m0/s1. The Labute approximate surface area is 253 Å². The first kappa shape index (κ1) is 28.3.